The van der Waals surface area contributed by atoms with Crippen molar-refractivity contribution in [3.8, 4) is 5.75 Å². The number of hydrogen-bond donors (Lipinski definition) is 2. The minimum absolute atomic E-state index is 0.0598. The van der Waals surface area contributed by atoms with E-state index in [0.717, 1.165) is 17.3 Å². The lowest BCUT2D eigenvalue weighted by atomic mass is 10.2. The summed E-state index contributed by atoms with van der Waals surface area (Å²) in [5, 5.41) is 15.6. The van der Waals surface area contributed by atoms with Crippen molar-refractivity contribution in [1.29, 1.82) is 0 Å². The number of nitrogens with one attached hydrogen (secondary N) is 2. The maximum Gasteiger partial charge on any atom is 0.295 e. The zero-order chi connectivity index (χ0) is 24.0. The van der Waals surface area contributed by atoms with Crippen molar-refractivity contribution in [1.82, 2.24) is 0 Å². The van der Waals surface area contributed by atoms with E-state index in [0.29, 0.717) is 11.4 Å². The van der Waals surface area contributed by atoms with Gasteiger partial charge in [0, 0.05) is 31.5 Å². The molecule has 0 unspecified atom stereocenters. The third kappa shape index (κ3) is 5.98. The van der Waals surface area contributed by atoms with Gasteiger partial charge in [0.15, 0.2) is 0 Å². The minimum Gasteiger partial charge on any atom is -0.497 e. The van der Waals surface area contributed by atoms with Gasteiger partial charge in [-0.15, -0.1) is 0 Å². The van der Waals surface area contributed by atoms with E-state index in [-0.39, 0.29) is 10.6 Å². The molecule has 0 atom stereocenters. The number of hydrazone groups is 1. The van der Waals surface area contributed by atoms with Crippen LogP contribution in [0.4, 0.5) is 22.7 Å². The number of sulfonamides is 1. The van der Waals surface area contributed by atoms with Crippen LogP contribution in [0.2, 0.25) is 0 Å². The summed E-state index contributed by atoms with van der Waals surface area (Å²) in [6.45, 7) is 0. The average molecular weight is 470 g/mol. The second-order valence-electron chi connectivity index (χ2n) is 7.13. The number of anilines is 3. The van der Waals surface area contributed by atoms with E-state index in [1.165, 1.54) is 37.6 Å². The minimum atomic E-state index is -4.05. The van der Waals surface area contributed by atoms with Crippen molar-refractivity contribution in [2.24, 2.45) is 5.10 Å². The van der Waals surface area contributed by atoms with Crippen molar-refractivity contribution in [3.63, 3.8) is 0 Å². The zero-order valence-electron chi connectivity index (χ0n) is 18.2. The van der Waals surface area contributed by atoms with Gasteiger partial charge in [0.05, 0.1) is 23.1 Å². The molecular weight excluding hydrogens is 446 g/mol. The van der Waals surface area contributed by atoms with Crippen molar-refractivity contribution < 1.29 is 18.1 Å². The summed E-state index contributed by atoms with van der Waals surface area (Å²) in [5.74, 6) is 0.568. The Hall–Kier alpha value is -4.12. The maximum absolute atomic E-state index is 12.7. The third-order valence-electron chi connectivity index (χ3n) is 4.63. The van der Waals surface area contributed by atoms with E-state index in [4.69, 9.17) is 4.74 Å². The predicted molar refractivity (Wildman–Crippen MR) is 129 cm³/mol. The molecule has 33 heavy (non-hydrogen) atoms. The molecule has 11 heteroatoms. The van der Waals surface area contributed by atoms with E-state index in [2.05, 4.69) is 15.2 Å². The first-order valence-corrected chi connectivity index (χ1v) is 11.2. The maximum atomic E-state index is 12.7. The third-order valence-corrected chi connectivity index (χ3v) is 6.01. The monoisotopic (exact) mass is 469 g/mol. The van der Waals surface area contributed by atoms with Gasteiger partial charge in [-0.1, -0.05) is 12.1 Å². The van der Waals surface area contributed by atoms with Gasteiger partial charge in [0.2, 0.25) is 0 Å². The number of ether oxygens (including phenoxy) is 1. The van der Waals surface area contributed by atoms with Crippen LogP contribution in [0.3, 0.4) is 0 Å². The van der Waals surface area contributed by atoms with Crippen LogP contribution in [-0.2, 0) is 10.0 Å². The number of nitro benzene ring substituents is 1. The van der Waals surface area contributed by atoms with Gasteiger partial charge in [0.25, 0.3) is 15.7 Å². The fourth-order valence-electron chi connectivity index (χ4n) is 2.83. The smallest absolute Gasteiger partial charge is 0.295 e. The van der Waals surface area contributed by atoms with Gasteiger partial charge >= 0.3 is 0 Å². The topological polar surface area (TPSA) is 126 Å². The van der Waals surface area contributed by atoms with Crippen molar-refractivity contribution in [3.05, 3.63) is 82.4 Å². The van der Waals surface area contributed by atoms with Crippen LogP contribution in [0.25, 0.3) is 0 Å². The molecular formula is C22H23N5O5S. The van der Waals surface area contributed by atoms with Crippen LogP contribution in [0, 0.1) is 10.1 Å². The highest BCUT2D eigenvalue weighted by Crippen LogP contribution is 2.29. The summed E-state index contributed by atoms with van der Waals surface area (Å²) in [4.78, 5) is 12.6. The molecule has 10 nitrogen and oxygen atoms in total. The Morgan fingerprint density at radius 1 is 1.03 bits per heavy atom. The number of nitrogens with zero attached hydrogens (tertiary/aromatic N) is 3. The molecule has 0 heterocycles. The second kappa shape index (κ2) is 10.0. The Balaban J connectivity index is 1.78. The van der Waals surface area contributed by atoms with Gasteiger partial charge in [0.1, 0.15) is 11.4 Å². The molecule has 0 saturated heterocycles. The molecule has 3 aromatic rings. The van der Waals surface area contributed by atoms with Crippen molar-refractivity contribution >= 4 is 39.0 Å². The number of methoxy groups -OCH3 is 1. The molecule has 0 amide bonds. The molecule has 3 rings (SSSR count). The Bertz CT molecular complexity index is 1260. The Kier molecular flexibility index (Phi) is 7.13. The summed E-state index contributed by atoms with van der Waals surface area (Å²) >= 11 is 0. The van der Waals surface area contributed by atoms with E-state index >= 15 is 0 Å². The lowest BCUT2D eigenvalue weighted by Crippen LogP contribution is -2.13. The fraction of sp³-hybridized carbons (Fsp3) is 0.136. The molecule has 172 valence electrons. The molecule has 0 bridgehead atoms. The van der Waals surface area contributed by atoms with Crippen LogP contribution in [0.5, 0.6) is 5.75 Å². The van der Waals surface area contributed by atoms with Crippen LogP contribution < -0.4 is 19.8 Å². The average Bonchev–Trinajstić information content (AvgIpc) is 2.79. The normalized spacial score (nSPS) is 11.2. The highest BCUT2D eigenvalue weighted by atomic mass is 32.2. The molecule has 0 aliphatic carbocycles. The van der Waals surface area contributed by atoms with Crippen LogP contribution in [0.1, 0.15) is 5.56 Å². The molecule has 0 radical (unpaired) electrons. The van der Waals surface area contributed by atoms with Gasteiger partial charge in [-0.2, -0.15) is 5.10 Å². The van der Waals surface area contributed by atoms with Crippen LogP contribution >= 0.6 is 0 Å². The molecule has 0 saturated carbocycles. The van der Waals surface area contributed by atoms with Gasteiger partial charge in [-0.05, 0) is 54.1 Å². The van der Waals surface area contributed by atoms with E-state index in [1.807, 2.05) is 43.3 Å². The molecule has 0 aliphatic heterocycles. The van der Waals surface area contributed by atoms with Crippen molar-refractivity contribution in [2.75, 3.05) is 36.3 Å². The highest BCUT2D eigenvalue weighted by molar-refractivity contribution is 7.92. The first kappa shape index (κ1) is 23.5. The molecule has 0 aliphatic rings. The first-order chi connectivity index (χ1) is 15.7. The summed E-state index contributed by atoms with van der Waals surface area (Å²) in [6, 6.07) is 17.3. The summed E-state index contributed by atoms with van der Waals surface area (Å²) in [6.07, 6.45) is 1.51. The van der Waals surface area contributed by atoms with Crippen molar-refractivity contribution in [2.45, 2.75) is 4.90 Å². The quantitative estimate of drug-likeness (QED) is 0.276. The Morgan fingerprint density at radius 2 is 1.70 bits per heavy atom. The number of benzene rings is 3. The summed E-state index contributed by atoms with van der Waals surface area (Å²) in [5.41, 5.74) is 4.36. The first-order valence-electron chi connectivity index (χ1n) is 9.71. The summed E-state index contributed by atoms with van der Waals surface area (Å²) < 4.78 is 32.8. The summed E-state index contributed by atoms with van der Waals surface area (Å²) in [7, 11) is 1.31. The zero-order valence-corrected chi connectivity index (χ0v) is 19.0. The van der Waals surface area contributed by atoms with Gasteiger partial charge in [-0.3, -0.25) is 20.3 Å². The van der Waals surface area contributed by atoms with E-state index < -0.39 is 20.6 Å². The predicted octanol–water partition coefficient (Wildman–Crippen LogP) is 3.92. The van der Waals surface area contributed by atoms with E-state index in [1.54, 1.807) is 12.1 Å². The molecule has 2 N–H and O–H groups in total. The van der Waals surface area contributed by atoms with Gasteiger partial charge < -0.3 is 9.64 Å². The number of nitro groups is 1. The van der Waals surface area contributed by atoms with Crippen LogP contribution in [-0.4, -0.2) is 40.8 Å². The molecule has 0 spiro atoms. The molecule has 3 aromatic carbocycles. The van der Waals surface area contributed by atoms with E-state index in [9.17, 15) is 18.5 Å². The lowest BCUT2D eigenvalue weighted by Gasteiger charge is -2.11. The number of hydrogen-bond acceptors (Lipinski definition) is 8. The highest BCUT2D eigenvalue weighted by Gasteiger charge is 2.21. The van der Waals surface area contributed by atoms with Gasteiger partial charge in [-0.25, -0.2) is 8.42 Å². The SMILES string of the molecule is COc1ccc(NS(=O)(=O)c2ccc(N/N=C/c3ccc(N(C)C)cc3)c([N+](=O)[O-])c2)cc1. The lowest BCUT2D eigenvalue weighted by molar-refractivity contribution is -0.384. The second-order valence-corrected chi connectivity index (χ2v) is 8.81. The standard InChI is InChI=1S/C22H23N5O5S/c1-26(2)18-8-4-16(5-9-18)15-23-24-21-13-12-20(14-22(21)27(28)29)33(30,31)25-17-6-10-19(32-3)11-7-17/h4-15,24-25H,1-3H3/b23-15+. The van der Waals surface area contributed by atoms with Crippen LogP contribution in [0.15, 0.2) is 76.7 Å². The fourth-order valence-corrected chi connectivity index (χ4v) is 3.91. The Labute approximate surface area is 191 Å². The number of rotatable bonds is 9. The Morgan fingerprint density at radius 3 is 2.27 bits per heavy atom. The molecule has 0 aromatic heterocycles. The largest absolute Gasteiger partial charge is 0.497 e. The molecule has 0 fully saturated rings.